The number of nitrogens with zero attached hydrogens (tertiary/aromatic N) is 2. The van der Waals surface area contributed by atoms with Crippen molar-refractivity contribution in [2.24, 2.45) is 0 Å². The number of aliphatic hydroxyl groups is 1. The quantitative estimate of drug-likeness (QED) is 0.846. The Balaban J connectivity index is 2.18. The van der Waals surface area contributed by atoms with Crippen molar-refractivity contribution in [3.8, 4) is 0 Å². The number of hydrogen-bond acceptors (Lipinski definition) is 4. The van der Waals surface area contributed by atoms with Crippen LogP contribution in [0.5, 0.6) is 0 Å². The van der Waals surface area contributed by atoms with E-state index in [1.54, 1.807) is 12.3 Å². The van der Waals surface area contributed by atoms with E-state index in [2.05, 4.69) is 31.1 Å². The number of aliphatic hydroxyl groups excluding tert-OH is 1. The highest BCUT2D eigenvalue weighted by Gasteiger charge is 2.28. The maximum Gasteiger partial charge on any atom is 0.170 e. The van der Waals surface area contributed by atoms with Crippen LogP contribution in [-0.4, -0.2) is 34.8 Å². The van der Waals surface area contributed by atoms with Crippen LogP contribution in [0.3, 0.4) is 0 Å². The Morgan fingerprint density at radius 1 is 1.43 bits per heavy atom. The first kappa shape index (κ1) is 16.2. The number of aromatic nitrogens is 1. The molecule has 0 amide bonds. The Labute approximate surface area is 126 Å². The number of rotatable bonds is 6. The Hall–Kier alpha value is -1.20. The van der Waals surface area contributed by atoms with Gasteiger partial charge in [0.25, 0.3) is 0 Å². The smallest absolute Gasteiger partial charge is 0.170 e. The molecule has 1 heterocycles. The van der Waals surface area contributed by atoms with Crippen LogP contribution in [0.4, 0.5) is 10.2 Å². The summed E-state index contributed by atoms with van der Waals surface area (Å²) in [6.45, 7) is 7.09. The van der Waals surface area contributed by atoms with Gasteiger partial charge >= 0.3 is 0 Å². The van der Waals surface area contributed by atoms with Crippen molar-refractivity contribution < 1.29 is 9.50 Å². The zero-order valence-corrected chi connectivity index (χ0v) is 13.2. The van der Waals surface area contributed by atoms with E-state index in [0.717, 1.165) is 12.8 Å². The van der Waals surface area contributed by atoms with Crippen molar-refractivity contribution in [1.29, 1.82) is 0 Å². The van der Waals surface area contributed by atoms with E-state index in [-0.39, 0.29) is 18.0 Å². The molecule has 1 saturated carbocycles. The topological polar surface area (TPSA) is 48.4 Å². The van der Waals surface area contributed by atoms with Crippen LogP contribution in [0.1, 0.15) is 45.6 Å². The standard InChI is InChI=1S/C16H26FN3O/c1-16(2,3)19-11-12-7-8-18-15(14(12)17)20(9-10-21)13-5-4-6-13/h7-8,13,19,21H,4-6,9-11H2,1-3H3. The van der Waals surface area contributed by atoms with E-state index in [9.17, 15) is 9.50 Å². The third-order valence-electron chi connectivity index (χ3n) is 3.89. The van der Waals surface area contributed by atoms with Gasteiger partial charge in [-0.3, -0.25) is 0 Å². The average molecular weight is 295 g/mol. The van der Waals surface area contributed by atoms with E-state index in [4.69, 9.17) is 0 Å². The van der Waals surface area contributed by atoms with E-state index in [1.807, 2.05) is 4.90 Å². The zero-order chi connectivity index (χ0) is 15.5. The molecule has 4 nitrogen and oxygen atoms in total. The lowest BCUT2D eigenvalue weighted by Gasteiger charge is -2.38. The van der Waals surface area contributed by atoms with Crippen LogP contribution in [0.15, 0.2) is 12.3 Å². The molecule has 0 aliphatic heterocycles. The second-order valence-electron chi connectivity index (χ2n) is 6.71. The summed E-state index contributed by atoms with van der Waals surface area (Å²) in [6.07, 6.45) is 4.91. The number of nitrogens with one attached hydrogen (secondary N) is 1. The van der Waals surface area contributed by atoms with Crippen molar-refractivity contribution >= 4 is 5.82 Å². The molecule has 0 spiro atoms. The second-order valence-corrected chi connectivity index (χ2v) is 6.71. The third-order valence-corrected chi connectivity index (χ3v) is 3.89. The fourth-order valence-corrected chi connectivity index (χ4v) is 2.44. The van der Waals surface area contributed by atoms with Crippen molar-refractivity contribution in [1.82, 2.24) is 10.3 Å². The van der Waals surface area contributed by atoms with E-state index in [0.29, 0.717) is 30.5 Å². The van der Waals surface area contributed by atoms with Crippen LogP contribution in [0.2, 0.25) is 0 Å². The molecule has 1 aliphatic carbocycles. The summed E-state index contributed by atoms with van der Waals surface area (Å²) < 4.78 is 14.7. The van der Waals surface area contributed by atoms with Gasteiger partial charge in [0.1, 0.15) is 0 Å². The number of anilines is 1. The van der Waals surface area contributed by atoms with Gasteiger partial charge < -0.3 is 15.3 Å². The molecule has 1 aliphatic rings. The molecule has 0 radical (unpaired) electrons. The number of halogens is 1. The van der Waals surface area contributed by atoms with Crippen molar-refractivity contribution in [2.75, 3.05) is 18.1 Å². The van der Waals surface area contributed by atoms with Gasteiger partial charge in [-0.1, -0.05) is 0 Å². The van der Waals surface area contributed by atoms with Gasteiger partial charge in [-0.25, -0.2) is 9.37 Å². The highest BCUT2D eigenvalue weighted by atomic mass is 19.1. The van der Waals surface area contributed by atoms with Crippen molar-refractivity contribution in [2.45, 2.75) is 58.2 Å². The first-order valence-corrected chi connectivity index (χ1v) is 7.68. The largest absolute Gasteiger partial charge is 0.395 e. The minimum Gasteiger partial charge on any atom is -0.395 e. The summed E-state index contributed by atoms with van der Waals surface area (Å²) >= 11 is 0. The molecule has 118 valence electrons. The Bertz CT molecular complexity index is 469. The SMILES string of the molecule is CC(C)(C)NCc1ccnc(N(CCO)C2CCC2)c1F. The summed E-state index contributed by atoms with van der Waals surface area (Å²) in [5.74, 6) is 0.108. The number of pyridine rings is 1. The minimum absolute atomic E-state index is 0.0160. The molecule has 2 rings (SSSR count). The molecule has 2 N–H and O–H groups in total. The van der Waals surface area contributed by atoms with Crippen LogP contribution in [0, 0.1) is 5.82 Å². The van der Waals surface area contributed by atoms with Gasteiger partial charge in [0, 0.05) is 36.4 Å². The van der Waals surface area contributed by atoms with Gasteiger partial charge in [-0.05, 0) is 46.1 Å². The highest BCUT2D eigenvalue weighted by Crippen LogP contribution is 2.30. The molecule has 1 aromatic rings. The maximum atomic E-state index is 14.7. The summed E-state index contributed by atoms with van der Waals surface area (Å²) in [5.41, 5.74) is 0.562. The highest BCUT2D eigenvalue weighted by molar-refractivity contribution is 5.44. The minimum atomic E-state index is -0.269. The lowest BCUT2D eigenvalue weighted by molar-refractivity contribution is 0.281. The molecular formula is C16H26FN3O. The van der Waals surface area contributed by atoms with Crippen LogP contribution in [0.25, 0.3) is 0 Å². The van der Waals surface area contributed by atoms with Gasteiger partial charge in [0.05, 0.1) is 6.61 Å². The van der Waals surface area contributed by atoms with Crippen molar-refractivity contribution in [3.05, 3.63) is 23.6 Å². The molecule has 1 fully saturated rings. The molecular weight excluding hydrogens is 269 g/mol. The maximum absolute atomic E-state index is 14.7. The van der Waals surface area contributed by atoms with E-state index in [1.165, 1.54) is 6.42 Å². The summed E-state index contributed by atoms with van der Waals surface area (Å²) in [4.78, 5) is 6.13. The van der Waals surface area contributed by atoms with Crippen LogP contribution in [-0.2, 0) is 6.54 Å². The van der Waals surface area contributed by atoms with Gasteiger partial charge in [-0.2, -0.15) is 0 Å². The summed E-state index contributed by atoms with van der Waals surface area (Å²) in [5, 5.41) is 12.5. The van der Waals surface area contributed by atoms with Crippen LogP contribution < -0.4 is 10.2 Å². The monoisotopic (exact) mass is 295 g/mol. The van der Waals surface area contributed by atoms with Gasteiger partial charge in [-0.15, -0.1) is 0 Å². The fourth-order valence-electron chi connectivity index (χ4n) is 2.44. The molecule has 0 atom stereocenters. The first-order valence-electron chi connectivity index (χ1n) is 7.68. The molecule has 0 unspecified atom stereocenters. The second kappa shape index (κ2) is 6.71. The fraction of sp³-hybridized carbons (Fsp3) is 0.688. The molecule has 5 heteroatoms. The number of hydrogen-bond donors (Lipinski definition) is 2. The Morgan fingerprint density at radius 2 is 2.14 bits per heavy atom. The van der Waals surface area contributed by atoms with Crippen molar-refractivity contribution in [3.63, 3.8) is 0 Å². The first-order chi connectivity index (χ1) is 9.92. The molecule has 1 aromatic heterocycles. The lowest BCUT2D eigenvalue weighted by atomic mass is 9.91. The predicted octanol–water partition coefficient (Wildman–Crippen LogP) is 2.46. The third kappa shape index (κ3) is 4.14. The normalized spacial score (nSPS) is 15.9. The van der Waals surface area contributed by atoms with Gasteiger partial charge in [0.15, 0.2) is 11.6 Å². The zero-order valence-electron chi connectivity index (χ0n) is 13.2. The predicted molar refractivity (Wildman–Crippen MR) is 82.9 cm³/mol. The van der Waals surface area contributed by atoms with E-state index < -0.39 is 0 Å². The van der Waals surface area contributed by atoms with E-state index >= 15 is 0 Å². The summed E-state index contributed by atoms with van der Waals surface area (Å²) in [6, 6.07) is 2.03. The average Bonchev–Trinajstić information content (AvgIpc) is 2.34. The Morgan fingerprint density at radius 3 is 2.67 bits per heavy atom. The van der Waals surface area contributed by atoms with Gasteiger partial charge in [0.2, 0.25) is 0 Å². The molecule has 21 heavy (non-hydrogen) atoms. The summed E-state index contributed by atoms with van der Waals surface area (Å²) in [7, 11) is 0. The molecule has 0 bridgehead atoms. The lowest BCUT2D eigenvalue weighted by Crippen LogP contribution is -2.43. The van der Waals surface area contributed by atoms with Crippen LogP contribution >= 0.6 is 0 Å². The molecule has 0 saturated heterocycles. The Kier molecular flexibility index (Phi) is 5.17. The molecule has 0 aromatic carbocycles.